The topological polar surface area (TPSA) is 23.6 Å². The van der Waals surface area contributed by atoms with Crippen molar-refractivity contribution in [2.75, 3.05) is 27.2 Å². The summed E-state index contributed by atoms with van der Waals surface area (Å²) < 4.78 is 0. The van der Waals surface area contributed by atoms with Gasteiger partial charge in [-0.25, -0.2) is 0 Å². The first kappa shape index (κ1) is 14.1. The molecule has 3 heteroatoms. The number of carbonyl (C=O) groups is 1. The highest BCUT2D eigenvalue weighted by atomic mass is 16.2. The lowest BCUT2D eigenvalue weighted by atomic mass is 9.99. The van der Waals surface area contributed by atoms with Crippen molar-refractivity contribution in [2.45, 2.75) is 26.3 Å². The van der Waals surface area contributed by atoms with Gasteiger partial charge in [0, 0.05) is 25.2 Å². The number of piperidine rings is 1. The zero-order valence-corrected chi connectivity index (χ0v) is 12.2. The number of hydrogen-bond acceptors (Lipinski definition) is 2. The Morgan fingerprint density at radius 3 is 2.58 bits per heavy atom. The van der Waals surface area contributed by atoms with Gasteiger partial charge in [0.05, 0.1) is 0 Å². The Morgan fingerprint density at radius 1 is 1.32 bits per heavy atom. The largest absolute Gasteiger partial charge is 0.338 e. The van der Waals surface area contributed by atoms with E-state index in [9.17, 15) is 4.79 Å². The number of hydrogen-bond donors (Lipinski definition) is 0. The summed E-state index contributed by atoms with van der Waals surface area (Å²) in [6.07, 6.45) is 2.37. The second kappa shape index (κ2) is 6.20. The first-order valence-electron chi connectivity index (χ1n) is 7.09. The van der Waals surface area contributed by atoms with E-state index in [2.05, 4.69) is 24.0 Å². The Bertz CT molecular complexity index is 425. The maximum Gasteiger partial charge on any atom is 0.253 e. The maximum absolute atomic E-state index is 12.4. The number of nitrogens with zero attached hydrogens (tertiary/aromatic N) is 2. The molecule has 3 nitrogen and oxygen atoms in total. The molecule has 1 unspecified atom stereocenters. The quantitative estimate of drug-likeness (QED) is 0.834. The zero-order valence-electron chi connectivity index (χ0n) is 12.2. The van der Waals surface area contributed by atoms with E-state index in [-0.39, 0.29) is 5.91 Å². The Kier molecular flexibility index (Phi) is 4.59. The summed E-state index contributed by atoms with van der Waals surface area (Å²) in [5.41, 5.74) is 2.06. The lowest BCUT2D eigenvalue weighted by Crippen LogP contribution is -2.39. The van der Waals surface area contributed by atoms with Crippen LogP contribution >= 0.6 is 0 Å². The summed E-state index contributed by atoms with van der Waals surface area (Å²) in [5, 5.41) is 0. The highest BCUT2D eigenvalue weighted by Gasteiger charge is 2.21. The van der Waals surface area contributed by atoms with Crippen LogP contribution in [-0.2, 0) is 6.54 Å². The standard InChI is InChI=1S/C16H24N2O/c1-13-5-4-10-18(11-13)16(19)15-8-6-14(7-9-15)12-17(2)3/h6-9,13H,4-5,10-12H2,1-3H3. The van der Waals surface area contributed by atoms with E-state index in [1.165, 1.54) is 12.0 Å². The van der Waals surface area contributed by atoms with Gasteiger partial charge in [0.15, 0.2) is 0 Å². The number of likely N-dealkylation sites (tertiary alicyclic amines) is 1. The van der Waals surface area contributed by atoms with Crippen molar-refractivity contribution >= 4 is 5.91 Å². The second-order valence-corrected chi connectivity index (χ2v) is 5.93. The summed E-state index contributed by atoms with van der Waals surface area (Å²) >= 11 is 0. The lowest BCUT2D eigenvalue weighted by Gasteiger charge is -2.31. The fourth-order valence-electron chi connectivity index (χ4n) is 2.67. The van der Waals surface area contributed by atoms with Crippen LogP contribution in [0.5, 0.6) is 0 Å². The zero-order chi connectivity index (χ0) is 13.8. The van der Waals surface area contributed by atoms with Gasteiger partial charge >= 0.3 is 0 Å². The molecule has 19 heavy (non-hydrogen) atoms. The predicted octanol–water partition coefficient (Wildman–Crippen LogP) is 2.62. The van der Waals surface area contributed by atoms with Crippen molar-refractivity contribution in [3.63, 3.8) is 0 Å². The molecule has 1 fully saturated rings. The average molecular weight is 260 g/mol. The molecule has 0 aromatic heterocycles. The van der Waals surface area contributed by atoms with Gasteiger partial charge in [-0.1, -0.05) is 19.1 Å². The lowest BCUT2D eigenvalue weighted by molar-refractivity contribution is 0.0683. The third kappa shape index (κ3) is 3.80. The van der Waals surface area contributed by atoms with E-state index in [4.69, 9.17) is 0 Å². The first-order valence-corrected chi connectivity index (χ1v) is 7.09. The van der Waals surface area contributed by atoms with Crippen LogP contribution in [0.15, 0.2) is 24.3 Å². The molecule has 2 rings (SSSR count). The molecule has 1 aromatic rings. The first-order chi connectivity index (χ1) is 9.06. The van der Waals surface area contributed by atoms with Crippen LogP contribution < -0.4 is 0 Å². The molecule has 1 atom stereocenters. The average Bonchev–Trinajstić information content (AvgIpc) is 2.38. The minimum atomic E-state index is 0.183. The summed E-state index contributed by atoms with van der Waals surface area (Å²) in [7, 11) is 4.10. The summed E-state index contributed by atoms with van der Waals surface area (Å²) in [5.74, 6) is 0.814. The van der Waals surface area contributed by atoms with Crippen LogP contribution in [-0.4, -0.2) is 42.9 Å². The molecule has 0 bridgehead atoms. The van der Waals surface area contributed by atoms with Gasteiger partial charge in [0.1, 0.15) is 0 Å². The van der Waals surface area contributed by atoms with Crippen molar-refractivity contribution in [1.82, 2.24) is 9.80 Å². The Balaban J connectivity index is 2.02. The van der Waals surface area contributed by atoms with Crippen molar-refractivity contribution in [3.05, 3.63) is 35.4 Å². The molecule has 1 saturated heterocycles. The van der Waals surface area contributed by atoms with E-state index in [1.54, 1.807) is 0 Å². The van der Waals surface area contributed by atoms with E-state index in [0.717, 1.165) is 31.6 Å². The van der Waals surface area contributed by atoms with Crippen molar-refractivity contribution in [2.24, 2.45) is 5.92 Å². The van der Waals surface area contributed by atoms with Crippen LogP contribution in [0.2, 0.25) is 0 Å². The SMILES string of the molecule is CC1CCCN(C(=O)c2ccc(CN(C)C)cc2)C1. The van der Waals surface area contributed by atoms with Crippen molar-refractivity contribution in [3.8, 4) is 0 Å². The fraction of sp³-hybridized carbons (Fsp3) is 0.562. The Hall–Kier alpha value is -1.35. The number of carbonyl (C=O) groups excluding carboxylic acids is 1. The van der Waals surface area contributed by atoms with Gasteiger partial charge in [-0.2, -0.15) is 0 Å². The molecule has 0 saturated carbocycles. The van der Waals surface area contributed by atoms with Gasteiger partial charge in [0.2, 0.25) is 0 Å². The van der Waals surface area contributed by atoms with Gasteiger partial charge in [-0.05, 0) is 50.6 Å². The van der Waals surface area contributed by atoms with Crippen molar-refractivity contribution in [1.29, 1.82) is 0 Å². The van der Waals surface area contributed by atoms with Crippen LogP contribution in [0.1, 0.15) is 35.7 Å². The predicted molar refractivity (Wildman–Crippen MR) is 78.1 cm³/mol. The van der Waals surface area contributed by atoms with Crippen molar-refractivity contribution < 1.29 is 4.79 Å². The molecule has 1 aromatic carbocycles. The highest BCUT2D eigenvalue weighted by molar-refractivity contribution is 5.94. The molecule has 0 aliphatic carbocycles. The third-order valence-corrected chi connectivity index (χ3v) is 3.64. The molecule has 0 radical (unpaired) electrons. The maximum atomic E-state index is 12.4. The van der Waals surface area contributed by atoms with Gasteiger partial charge in [0.25, 0.3) is 5.91 Å². The third-order valence-electron chi connectivity index (χ3n) is 3.64. The van der Waals surface area contributed by atoms with Gasteiger partial charge in [-0.3, -0.25) is 4.79 Å². The smallest absolute Gasteiger partial charge is 0.253 e. The molecule has 1 aliphatic rings. The molecule has 1 aliphatic heterocycles. The van der Waals surface area contributed by atoms with Crippen LogP contribution in [0.25, 0.3) is 0 Å². The van der Waals surface area contributed by atoms with Crippen LogP contribution in [0.3, 0.4) is 0 Å². The highest BCUT2D eigenvalue weighted by Crippen LogP contribution is 2.18. The molecular weight excluding hydrogens is 236 g/mol. The van der Waals surface area contributed by atoms with E-state index in [0.29, 0.717) is 5.92 Å². The molecule has 104 valence electrons. The number of benzene rings is 1. The monoisotopic (exact) mass is 260 g/mol. The van der Waals surface area contributed by atoms with Gasteiger partial charge in [-0.15, -0.1) is 0 Å². The Labute approximate surface area is 116 Å². The minimum absolute atomic E-state index is 0.183. The fourth-order valence-corrected chi connectivity index (χ4v) is 2.67. The molecule has 1 amide bonds. The minimum Gasteiger partial charge on any atom is -0.338 e. The molecule has 0 spiro atoms. The molecular formula is C16H24N2O. The molecule has 1 heterocycles. The number of amides is 1. The van der Waals surface area contributed by atoms with Gasteiger partial charge < -0.3 is 9.80 Å². The summed E-state index contributed by atoms with van der Waals surface area (Å²) in [6, 6.07) is 8.03. The van der Waals surface area contributed by atoms with E-state index in [1.807, 2.05) is 31.1 Å². The Morgan fingerprint density at radius 2 is 2.00 bits per heavy atom. The normalized spacial score (nSPS) is 19.8. The summed E-state index contributed by atoms with van der Waals surface area (Å²) in [4.78, 5) is 16.5. The van der Waals surface area contributed by atoms with E-state index < -0.39 is 0 Å². The summed E-state index contributed by atoms with van der Waals surface area (Å²) in [6.45, 7) is 4.94. The van der Waals surface area contributed by atoms with E-state index >= 15 is 0 Å². The molecule has 0 N–H and O–H groups in total. The van der Waals surface area contributed by atoms with Crippen LogP contribution in [0, 0.1) is 5.92 Å². The van der Waals surface area contributed by atoms with Crippen LogP contribution in [0.4, 0.5) is 0 Å². The number of rotatable bonds is 3. The second-order valence-electron chi connectivity index (χ2n) is 5.93.